The van der Waals surface area contributed by atoms with Crippen LogP contribution >= 0.6 is 0 Å². The molecule has 1 saturated heterocycles. The van der Waals surface area contributed by atoms with Crippen molar-refractivity contribution in [2.75, 3.05) is 13.2 Å². The summed E-state index contributed by atoms with van der Waals surface area (Å²) in [6, 6.07) is 7.33. The van der Waals surface area contributed by atoms with Crippen LogP contribution < -0.4 is 5.76 Å². The van der Waals surface area contributed by atoms with Crippen molar-refractivity contribution >= 4 is 0 Å². The first-order valence-corrected chi connectivity index (χ1v) is 5.22. The molecule has 1 aliphatic heterocycles. The van der Waals surface area contributed by atoms with E-state index in [0.29, 0.717) is 13.2 Å². The summed E-state index contributed by atoms with van der Waals surface area (Å²) in [7, 11) is 0. The lowest BCUT2D eigenvalue weighted by Crippen LogP contribution is -1.97. The maximum atomic E-state index is 10.8. The van der Waals surface area contributed by atoms with E-state index in [4.69, 9.17) is 13.9 Å². The number of nitrogens with one attached hydrogen (secondary N) is 1. The van der Waals surface area contributed by atoms with Crippen LogP contribution in [-0.2, 0) is 9.47 Å². The Hall–Kier alpha value is -1.92. The van der Waals surface area contributed by atoms with E-state index in [0.717, 1.165) is 11.1 Å². The highest BCUT2D eigenvalue weighted by atomic mass is 16.7. The maximum absolute atomic E-state index is 10.8. The van der Waals surface area contributed by atoms with Gasteiger partial charge in [0.25, 0.3) is 0 Å². The van der Waals surface area contributed by atoms with Gasteiger partial charge in [0.15, 0.2) is 6.29 Å². The smallest absolute Gasteiger partial charge is 0.388 e. The van der Waals surface area contributed by atoms with E-state index in [2.05, 4.69) is 10.2 Å². The molecule has 0 saturated carbocycles. The van der Waals surface area contributed by atoms with Crippen molar-refractivity contribution in [2.24, 2.45) is 0 Å². The molecule has 0 unspecified atom stereocenters. The van der Waals surface area contributed by atoms with Crippen LogP contribution in [0.3, 0.4) is 0 Å². The van der Waals surface area contributed by atoms with Gasteiger partial charge in [-0.3, -0.25) is 0 Å². The Labute approximate surface area is 96.2 Å². The van der Waals surface area contributed by atoms with Gasteiger partial charge in [0.05, 0.1) is 13.2 Å². The minimum Gasteiger partial charge on any atom is -0.388 e. The molecule has 0 aliphatic carbocycles. The number of H-pyrrole nitrogens is 1. The molecule has 1 aromatic heterocycles. The fourth-order valence-corrected chi connectivity index (χ4v) is 1.69. The van der Waals surface area contributed by atoms with Crippen molar-refractivity contribution in [3.05, 3.63) is 40.4 Å². The molecule has 1 aliphatic rings. The summed E-state index contributed by atoms with van der Waals surface area (Å²) in [5.41, 5.74) is 1.66. The lowest BCUT2D eigenvalue weighted by molar-refractivity contribution is -0.0441. The van der Waals surface area contributed by atoms with Gasteiger partial charge < -0.3 is 13.9 Å². The van der Waals surface area contributed by atoms with Crippen molar-refractivity contribution in [3.8, 4) is 11.5 Å². The summed E-state index contributed by atoms with van der Waals surface area (Å²) in [6.45, 7) is 1.22. The molecule has 3 rings (SSSR count). The first kappa shape index (κ1) is 10.2. The number of rotatable bonds is 2. The molecule has 0 bridgehead atoms. The second kappa shape index (κ2) is 4.15. The molecular weight excluding hydrogens is 224 g/mol. The van der Waals surface area contributed by atoms with Gasteiger partial charge in [0, 0.05) is 11.1 Å². The largest absolute Gasteiger partial charge is 0.434 e. The minimum atomic E-state index is -0.563. The summed E-state index contributed by atoms with van der Waals surface area (Å²) < 4.78 is 15.6. The molecule has 6 nitrogen and oxygen atoms in total. The summed E-state index contributed by atoms with van der Waals surface area (Å²) in [4.78, 5) is 10.8. The highest BCUT2D eigenvalue weighted by molar-refractivity contribution is 5.52. The Kier molecular flexibility index (Phi) is 2.50. The molecule has 17 heavy (non-hydrogen) atoms. The van der Waals surface area contributed by atoms with Crippen LogP contribution in [0, 0.1) is 0 Å². The molecule has 0 atom stereocenters. The number of hydrogen-bond donors (Lipinski definition) is 1. The van der Waals surface area contributed by atoms with Gasteiger partial charge in [-0.1, -0.05) is 12.1 Å². The second-order valence-electron chi connectivity index (χ2n) is 3.61. The van der Waals surface area contributed by atoms with Crippen LogP contribution in [0.2, 0.25) is 0 Å². The van der Waals surface area contributed by atoms with E-state index in [-0.39, 0.29) is 12.2 Å². The normalized spacial score (nSPS) is 16.5. The van der Waals surface area contributed by atoms with Gasteiger partial charge in [-0.05, 0) is 12.1 Å². The van der Waals surface area contributed by atoms with Crippen molar-refractivity contribution in [3.63, 3.8) is 0 Å². The molecule has 0 amide bonds. The fraction of sp³-hybridized carbons (Fsp3) is 0.273. The van der Waals surface area contributed by atoms with Gasteiger partial charge in [0.2, 0.25) is 5.89 Å². The number of hydrogen-bond acceptors (Lipinski definition) is 5. The van der Waals surface area contributed by atoms with Crippen LogP contribution in [0.25, 0.3) is 11.5 Å². The monoisotopic (exact) mass is 234 g/mol. The van der Waals surface area contributed by atoms with E-state index < -0.39 is 5.76 Å². The summed E-state index contributed by atoms with van der Waals surface area (Å²) in [5, 5.41) is 5.96. The topological polar surface area (TPSA) is 77.4 Å². The molecule has 88 valence electrons. The lowest BCUT2D eigenvalue weighted by Gasteiger charge is -2.08. The number of aromatic nitrogens is 2. The van der Waals surface area contributed by atoms with Crippen LogP contribution in [0.4, 0.5) is 0 Å². The fourth-order valence-electron chi connectivity index (χ4n) is 1.69. The van der Waals surface area contributed by atoms with Crippen molar-refractivity contribution in [1.82, 2.24) is 10.2 Å². The maximum Gasteiger partial charge on any atom is 0.434 e. The van der Waals surface area contributed by atoms with Gasteiger partial charge in [-0.2, -0.15) is 0 Å². The third-order valence-electron chi connectivity index (χ3n) is 2.49. The number of ether oxygens (including phenoxy) is 2. The molecule has 2 heterocycles. The number of benzene rings is 1. The number of aromatic amines is 1. The molecular formula is C11H10N2O4. The molecule has 0 radical (unpaired) electrons. The van der Waals surface area contributed by atoms with E-state index in [1.54, 1.807) is 12.1 Å². The predicted molar refractivity (Wildman–Crippen MR) is 57.2 cm³/mol. The molecule has 1 fully saturated rings. The van der Waals surface area contributed by atoms with E-state index in [1.165, 1.54) is 0 Å². The quantitative estimate of drug-likeness (QED) is 0.841. The first-order valence-electron chi connectivity index (χ1n) is 5.22. The highest BCUT2D eigenvalue weighted by Crippen LogP contribution is 2.25. The van der Waals surface area contributed by atoms with Crippen LogP contribution in [0.5, 0.6) is 0 Å². The molecule has 2 aromatic rings. The summed E-state index contributed by atoms with van der Waals surface area (Å²) in [5.74, 6) is -0.290. The third-order valence-corrected chi connectivity index (χ3v) is 2.49. The average molecular weight is 234 g/mol. The summed E-state index contributed by atoms with van der Waals surface area (Å²) in [6.07, 6.45) is -0.296. The molecule has 0 spiro atoms. The summed E-state index contributed by atoms with van der Waals surface area (Å²) >= 11 is 0. The first-order chi connectivity index (χ1) is 8.33. The second-order valence-corrected chi connectivity index (χ2v) is 3.61. The predicted octanol–water partition coefficient (Wildman–Crippen LogP) is 1.08. The van der Waals surface area contributed by atoms with Gasteiger partial charge >= 0.3 is 5.76 Å². The van der Waals surface area contributed by atoms with Crippen molar-refractivity contribution < 1.29 is 13.9 Å². The minimum absolute atomic E-state index is 0.273. The van der Waals surface area contributed by atoms with Crippen LogP contribution in [-0.4, -0.2) is 23.4 Å². The number of nitrogens with zero attached hydrogens (tertiary/aromatic N) is 1. The lowest BCUT2D eigenvalue weighted by atomic mass is 10.1. The van der Waals surface area contributed by atoms with E-state index in [9.17, 15) is 4.79 Å². The highest BCUT2D eigenvalue weighted by Gasteiger charge is 2.18. The zero-order valence-corrected chi connectivity index (χ0v) is 8.88. The Bertz CT molecular complexity index is 551. The zero-order valence-electron chi connectivity index (χ0n) is 8.88. The Morgan fingerprint density at radius 1 is 1.18 bits per heavy atom. The van der Waals surface area contributed by atoms with Gasteiger partial charge in [-0.25, -0.2) is 9.89 Å². The Balaban J connectivity index is 1.86. The molecule has 1 N–H and O–H groups in total. The Morgan fingerprint density at radius 2 is 1.88 bits per heavy atom. The average Bonchev–Trinajstić information content (AvgIpc) is 3.00. The Morgan fingerprint density at radius 3 is 2.47 bits per heavy atom. The van der Waals surface area contributed by atoms with Crippen LogP contribution in [0.15, 0.2) is 33.5 Å². The zero-order chi connectivity index (χ0) is 11.7. The van der Waals surface area contributed by atoms with Gasteiger partial charge in [-0.15, -0.1) is 5.10 Å². The van der Waals surface area contributed by atoms with Gasteiger partial charge in [0.1, 0.15) is 0 Å². The van der Waals surface area contributed by atoms with E-state index in [1.807, 2.05) is 12.1 Å². The third kappa shape index (κ3) is 2.00. The van der Waals surface area contributed by atoms with Crippen molar-refractivity contribution in [2.45, 2.75) is 6.29 Å². The van der Waals surface area contributed by atoms with E-state index >= 15 is 0 Å². The van der Waals surface area contributed by atoms with Crippen molar-refractivity contribution in [1.29, 1.82) is 0 Å². The standard InChI is InChI=1S/C11H10N2O4/c14-11-13-12-9(17-11)7-1-3-8(4-2-7)10-15-5-6-16-10/h1-4,10H,5-6H2,(H,13,14). The molecule has 6 heteroatoms. The molecule has 1 aromatic carbocycles. The van der Waals surface area contributed by atoms with Crippen LogP contribution in [0.1, 0.15) is 11.9 Å². The SMILES string of the molecule is O=c1[nH]nc(-c2ccc(C3OCCO3)cc2)o1.